The summed E-state index contributed by atoms with van der Waals surface area (Å²) in [5, 5.41) is 2.86. The zero-order valence-electron chi connectivity index (χ0n) is 10.6. The standard InChI is InChI=1S/C15H12INO3/c16-10-4-6-11(7-5-10)17-15(18)12-2-1-3-13-14(12)20-9-8-19-13/h1-7H,8-9H2,(H,17,18). The van der Waals surface area contributed by atoms with Crippen molar-refractivity contribution >= 4 is 34.2 Å². The molecule has 2 aromatic carbocycles. The van der Waals surface area contributed by atoms with Gasteiger partial charge < -0.3 is 14.8 Å². The highest BCUT2D eigenvalue weighted by molar-refractivity contribution is 14.1. The Morgan fingerprint density at radius 3 is 2.60 bits per heavy atom. The van der Waals surface area contributed by atoms with Crippen molar-refractivity contribution in [2.75, 3.05) is 18.5 Å². The molecule has 4 nitrogen and oxygen atoms in total. The summed E-state index contributed by atoms with van der Waals surface area (Å²) in [5.41, 5.74) is 1.24. The highest BCUT2D eigenvalue weighted by atomic mass is 127. The van der Waals surface area contributed by atoms with E-state index in [1.165, 1.54) is 0 Å². The lowest BCUT2D eigenvalue weighted by Gasteiger charge is -2.20. The van der Waals surface area contributed by atoms with Gasteiger partial charge >= 0.3 is 0 Å². The molecule has 0 fully saturated rings. The normalized spacial score (nSPS) is 12.8. The Kier molecular flexibility index (Phi) is 3.77. The van der Waals surface area contributed by atoms with Gasteiger partial charge in [0.2, 0.25) is 0 Å². The minimum atomic E-state index is -0.200. The van der Waals surface area contributed by atoms with Gasteiger partial charge in [0.15, 0.2) is 11.5 Å². The van der Waals surface area contributed by atoms with Crippen LogP contribution in [0.25, 0.3) is 0 Å². The number of fused-ring (bicyclic) bond motifs is 1. The van der Waals surface area contributed by atoms with Crippen molar-refractivity contribution in [1.29, 1.82) is 0 Å². The smallest absolute Gasteiger partial charge is 0.259 e. The Morgan fingerprint density at radius 2 is 1.80 bits per heavy atom. The highest BCUT2D eigenvalue weighted by Crippen LogP contribution is 2.33. The van der Waals surface area contributed by atoms with Crippen molar-refractivity contribution in [2.45, 2.75) is 0 Å². The van der Waals surface area contributed by atoms with E-state index in [1.54, 1.807) is 18.2 Å². The zero-order chi connectivity index (χ0) is 13.9. The van der Waals surface area contributed by atoms with Gasteiger partial charge in [-0.3, -0.25) is 4.79 Å². The van der Waals surface area contributed by atoms with E-state index in [1.807, 2.05) is 24.3 Å². The molecule has 1 amide bonds. The number of hydrogen-bond donors (Lipinski definition) is 1. The van der Waals surface area contributed by atoms with E-state index in [4.69, 9.17) is 9.47 Å². The van der Waals surface area contributed by atoms with E-state index in [2.05, 4.69) is 27.9 Å². The van der Waals surface area contributed by atoms with Crippen molar-refractivity contribution in [1.82, 2.24) is 0 Å². The largest absolute Gasteiger partial charge is 0.486 e. The summed E-state index contributed by atoms with van der Waals surface area (Å²) in [6, 6.07) is 12.9. The van der Waals surface area contributed by atoms with Gasteiger partial charge in [-0.05, 0) is 59.0 Å². The Bertz CT molecular complexity index is 640. The molecule has 0 saturated heterocycles. The number of carbonyl (C=O) groups is 1. The molecule has 1 N–H and O–H groups in total. The molecule has 5 heteroatoms. The molecule has 0 aromatic heterocycles. The van der Waals surface area contributed by atoms with Crippen LogP contribution < -0.4 is 14.8 Å². The maximum absolute atomic E-state index is 12.3. The fourth-order valence-corrected chi connectivity index (χ4v) is 2.34. The monoisotopic (exact) mass is 381 g/mol. The van der Waals surface area contributed by atoms with Gasteiger partial charge in [-0.2, -0.15) is 0 Å². The molecule has 3 rings (SSSR count). The SMILES string of the molecule is O=C(Nc1ccc(I)cc1)c1cccc2c1OCCO2. The summed E-state index contributed by atoms with van der Waals surface area (Å²) >= 11 is 2.22. The second-order valence-electron chi connectivity index (χ2n) is 4.29. The van der Waals surface area contributed by atoms with Crippen LogP contribution >= 0.6 is 22.6 Å². The summed E-state index contributed by atoms with van der Waals surface area (Å²) in [6.45, 7) is 0.968. The van der Waals surface area contributed by atoms with Crippen LogP contribution in [0.3, 0.4) is 0 Å². The number of ether oxygens (including phenoxy) is 2. The number of rotatable bonds is 2. The first-order valence-electron chi connectivity index (χ1n) is 6.19. The summed E-state index contributed by atoms with van der Waals surface area (Å²) in [6.07, 6.45) is 0. The minimum absolute atomic E-state index is 0.200. The van der Waals surface area contributed by atoms with Gasteiger partial charge in [0, 0.05) is 9.26 Å². The average Bonchev–Trinajstić information content (AvgIpc) is 2.49. The van der Waals surface area contributed by atoms with Crippen LogP contribution in [0.1, 0.15) is 10.4 Å². The number of amides is 1. The number of anilines is 1. The van der Waals surface area contributed by atoms with Crippen molar-refractivity contribution in [2.24, 2.45) is 0 Å². The third kappa shape index (κ3) is 2.72. The highest BCUT2D eigenvalue weighted by Gasteiger charge is 2.20. The second-order valence-corrected chi connectivity index (χ2v) is 5.54. The van der Waals surface area contributed by atoms with Crippen LogP contribution in [0.15, 0.2) is 42.5 Å². The molecule has 1 aliphatic rings. The van der Waals surface area contributed by atoms with E-state index >= 15 is 0 Å². The van der Waals surface area contributed by atoms with Crippen molar-refractivity contribution in [3.63, 3.8) is 0 Å². The van der Waals surface area contributed by atoms with Gasteiger partial charge in [-0.25, -0.2) is 0 Å². The van der Waals surface area contributed by atoms with Crippen LogP contribution in [-0.4, -0.2) is 19.1 Å². The van der Waals surface area contributed by atoms with Gasteiger partial charge in [0.05, 0.1) is 5.56 Å². The molecule has 0 saturated carbocycles. The molecule has 0 spiro atoms. The van der Waals surface area contributed by atoms with E-state index in [0.29, 0.717) is 30.3 Å². The first-order valence-corrected chi connectivity index (χ1v) is 7.27. The summed E-state index contributed by atoms with van der Waals surface area (Å²) < 4.78 is 12.1. The first kappa shape index (κ1) is 13.2. The van der Waals surface area contributed by atoms with Crippen LogP contribution in [0, 0.1) is 3.57 Å². The van der Waals surface area contributed by atoms with E-state index < -0.39 is 0 Å². The average molecular weight is 381 g/mol. The van der Waals surface area contributed by atoms with Gasteiger partial charge in [-0.15, -0.1) is 0 Å². The summed E-state index contributed by atoms with van der Waals surface area (Å²) in [5.74, 6) is 0.932. The lowest BCUT2D eigenvalue weighted by molar-refractivity contribution is 0.101. The molecule has 2 aromatic rings. The Balaban J connectivity index is 1.85. The number of halogens is 1. The molecule has 0 aliphatic carbocycles. The molecule has 1 aliphatic heterocycles. The molecule has 0 bridgehead atoms. The Labute approximate surface area is 130 Å². The van der Waals surface area contributed by atoms with Crippen LogP contribution in [0.4, 0.5) is 5.69 Å². The summed E-state index contributed by atoms with van der Waals surface area (Å²) in [4.78, 5) is 12.3. The van der Waals surface area contributed by atoms with Gasteiger partial charge in [0.25, 0.3) is 5.91 Å². The molecular formula is C15H12INO3. The van der Waals surface area contributed by atoms with Gasteiger partial charge in [-0.1, -0.05) is 6.07 Å². The Hall–Kier alpha value is -1.76. The van der Waals surface area contributed by atoms with E-state index in [-0.39, 0.29) is 5.91 Å². The van der Waals surface area contributed by atoms with Crippen LogP contribution in [-0.2, 0) is 0 Å². The molecule has 20 heavy (non-hydrogen) atoms. The number of para-hydroxylation sites is 1. The first-order chi connectivity index (χ1) is 9.74. The lowest BCUT2D eigenvalue weighted by atomic mass is 10.1. The Morgan fingerprint density at radius 1 is 1.05 bits per heavy atom. The lowest BCUT2D eigenvalue weighted by Crippen LogP contribution is -2.20. The number of hydrogen-bond acceptors (Lipinski definition) is 3. The van der Waals surface area contributed by atoms with Crippen molar-refractivity contribution in [3.05, 3.63) is 51.6 Å². The maximum atomic E-state index is 12.3. The molecule has 0 unspecified atom stereocenters. The molecule has 0 atom stereocenters. The second kappa shape index (κ2) is 5.70. The zero-order valence-corrected chi connectivity index (χ0v) is 12.7. The predicted molar refractivity (Wildman–Crippen MR) is 84.5 cm³/mol. The number of benzene rings is 2. The van der Waals surface area contributed by atoms with Crippen LogP contribution in [0.2, 0.25) is 0 Å². The quantitative estimate of drug-likeness (QED) is 0.813. The van der Waals surface area contributed by atoms with Gasteiger partial charge in [0.1, 0.15) is 13.2 Å². The predicted octanol–water partition coefficient (Wildman–Crippen LogP) is 3.31. The van der Waals surface area contributed by atoms with Crippen molar-refractivity contribution < 1.29 is 14.3 Å². The molecule has 1 heterocycles. The number of nitrogens with one attached hydrogen (secondary N) is 1. The molecule has 0 radical (unpaired) electrons. The third-order valence-corrected chi connectivity index (χ3v) is 3.63. The fourth-order valence-electron chi connectivity index (χ4n) is 1.98. The third-order valence-electron chi connectivity index (χ3n) is 2.91. The minimum Gasteiger partial charge on any atom is -0.486 e. The molecular weight excluding hydrogens is 369 g/mol. The van der Waals surface area contributed by atoms with Crippen molar-refractivity contribution in [3.8, 4) is 11.5 Å². The summed E-state index contributed by atoms with van der Waals surface area (Å²) in [7, 11) is 0. The van der Waals surface area contributed by atoms with E-state index in [0.717, 1.165) is 9.26 Å². The fraction of sp³-hybridized carbons (Fsp3) is 0.133. The topological polar surface area (TPSA) is 47.6 Å². The van der Waals surface area contributed by atoms with E-state index in [9.17, 15) is 4.79 Å². The van der Waals surface area contributed by atoms with Crippen LogP contribution in [0.5, 0.6) is 11.5 Å². The number of carbonyl (C=O) groups excluding carboxylic acids is 1. The maximum Gasteiger partial charge on any atom is 0.259 e. The molecule has 102 valence electrons.